The molecule has 16 heavy (non-hydrogen) atoms. The third-order valence-electron chi connectivity index (χ3n) is 4.15. The van der Waals surface area contributed by atoms with Gasteiger partial charge in [0.25, 0.3) is 0 Å². The van der Waals surface area contributed by atoms with Gasteiger partial charge in [0.15, 0.2) is 0 Å². The minimum Gasteiger partial charge on any atom is -0.297 e. The number of nitrogens with zero attached hydrogens (tertiary/aromatic N) is 2. The summed E-state index contributed by atoms with van der Waals surface area (Å²) in [6, 6.07) is 0.657. The molecule has 0 spiro atoms. The molecule has 0 amide bonds. The molecule has 0 aromatic heterocycles. The first-order valence-corrected chi connectivity index (χ1v) is 7.84. The van der Waals surface area contributed by atoms with Crippen molar-refractivity contribution in [2.45, 2.75) is 49.9 Å². The Kier molecular flexibility index (Phi) is 2.53. The Morgan fingerprint density at radius 2 is 1.88 bits per heavy atom. The van der Waals surface area contributed by atoms with Gasteiger partial charge in [-0.15, -0.1) is 0 Å². The molecule has 1 saturated carbocycles. The van der Waals surface area contributed by atoms with Crippen molar-refractivity contribution in [3.05, 3.63) is 0 Å². The summed E-state index contributed by atoms with van der Waals surface area (Å²) in [7, 11) is -2.97. The lowest BCUT2D eigenvalue weighted by atomic mass is 10.1. The number of sulfonamides is 1. The number of rotatable bonds is 2. The highest BCUT2D eigenvalue weighted by molar-refractivity contribution is 7.90. The molecule has 5 heteroatoms. The summed E-state index contributed by atoms with van der Waals surface area (Å²) in [5, 5.41) is -0.0529. The minimum absolute atomic E-state index is 0.0529. The van der Waals surface area contributed by atoms with Crippen molar-refractivity contribution in [1.82, 2.24) is 9.21 Å². The molecule has 0 bridgehead atoms. The molecule has 0 aromatic rings. The molecular formula is C11H20N2O2S. The van der Waals surface area contributed by atoms with Crippen LogP contribution in [0.2, 0.25) is 0 Å². The normalized spacial score (nSPS) is 37.6. The second-order valence-electron chi connectivity index (χ2n) is 5.45. The van der Waals surface area contributed by atoms with Gasteiger partial charge in [0.2, 0.25) is 10.0 Å². The fourth-order valence-corrected chi connectivity index (χ4v) is 5.14. The molecule has 2 unspecified atom stereocenters. The molecule has 2 heterocycles. The minimum atomic E-state index is -2.97. The van der Waals surface area contributed by atoms with Crippen LogP contribution in [0.3, 0.4) is 0 Å². The number of hydrogen-bond acceptors (Lipinski definition) is 3. The average molecular weight is 244 g/mol. The monoisotopic (exact) mass is 244 g/mol. The van der Waals surface area contributed by atoms with Gasteiger partial charge in [0, 0.05) is 25.2 Å². The molecule has 2 atom stereocenters. The molecule has 1 aliphatic carbocycles. The molecule has 4 nitrogen and oxygen atoms in total. The largest absolute Gasteiger partial charge is 0.297 e. The summed E-state index contributed by atoms with van der Waals surface area (Å²) in [5.74, 6) is 0. The molecule has 0 N–H and O–H groups in total. The predicted molar refractivity (Wildman–Crippen MR) is 62.7 cm³/mol. The fraction of sp³-hybridized carbons (Fsp3) is 1.00. The molecular weight excluding hydrogens is 224 g/mol. The maximum atomic E-state index is 12.3. The molecule has 2 aliphatic heterocycles. The lowest BCUT2D eigenvalue weighted by Gasteiger charge is -2.41. The van der Waals surface area contributed by atoms with E-state index < -0.39 is 10.0 Å². The van der Waals surface area contributed by atoms with Crippen molar-refractivity contribution >= 4 is 10.0 Å². The van der Waals surface area contributed by atoms with Gasteiger partial charge in [0.05, 0.1) is 5.25 Å². The van der Waals surface area contributed by atoms with E-state index in [1.165, 1.54) is 12.8 Å². The molecule has 92 valence electrons. The van der Waals surface area contributed by atoms with Crippen molar-refractivity contribution < 1.29 is 8.42 Å². The molecule has 3 rings (SSSR count). The van der Waals surface area contributed by atoms with Crippen LogP contribution in [0, 0.1) is 0 Å². The van der Waals surface area contributed by atoms with Gasteiger partial charge in [-0.25, -0.2) is 8.42 Å². The van der Waals surface area contributed by atoms with Gasteiger partial charge in [0.1, 0.15) is 0 Å². The van der Waals surface area contributed by atoms with Crippen molar-refractivity contribution in [3.8, 4) is 0 Å². The fourth-order valence-electron chi connectivity index (χ4n) is 3.07. The zero-order valence-electron chi connectivity index (χ0n) is 9.80. The number of fused-ring (bicyclic) bond motifs is 1. The molecule has 2 saturated heterocycles. The lowest BCUT2D eigenvalue weighted by molar-refractivity contribution is 0.117. The number of piperazine rings is 1. The van der Waals surface area contributed by atoms with Crippen molar-refractivity contribution in [1.29, 1.82) is 0 Å². The van der Waals surface area contributed by atoms with Gasteiger partial charge < -0.3 is 0 Å². The topological polar surface area (TPSA) is 40.6 Å². The van der Waals surface area contributed by atoms with E-state index in [0.29, 0.717) is 6.04 Å². The van der Waals surface area contributed by atoms with E-state index in [1.54, 1.807) is 4.31 Å². The van der Waals surface area contributed by atoms with Crippen LogP contribution in [0.25, 0.3) is 0 Å². The highest BCUT2D eigenvalue weighted by Crippen LogP contribution is 2.35. The standard InChI is InChI=1S/C11H20N2O2S/c1-9-7-12-6-2-3-10(12)8-13(9)16(14,15)11-4-5-11/h9-11H,2-8H2,1H3. The summed E-state index contributed by atoms with van der Waals surface area (Å²) >= 11 is 0. The maximum Gasteiger partial charge on any atom is 0.217 e. The van der Waals surface area contributed by atoms with Gasteiger partial charge in [-0.2, -0.15) is 4.31 Å². The second-order valence-corrected chi connectivity index (χ2v) is 7.62. The zero-order valence-corrected chi connectivity index (χ0v) is 10.6. The van der Waals surface area contributed by atoms with E-state index in [2.05, 4.69) is 11.8 Å². The van der Waals surface area contributed by atoms with E-state index in [9.17, 15) is 8.42 Å². The van der Waals surface area contributed by atoms with E-state index >= 15 is 0 Å². The third-order valence-corrected chi connectivity index (χ3v) is 6.63. The Labute approximate surface area is 97.7 Å². The molecule has 0 radical (unpaired) electrons. The third kappa shape index (κ3) is 1.69. The van der Waals surface area contributed by atoms with Crippen LogP contribution in [0.5, 0.6) is 0 Å². The first-order chi connectivity index (χ1) is 7.59. The first-order valence-electron chi connectivity index (χ1n) is 6.34. The Bertz CT molecular complexity index is 377. The van der Waals surface area contributed by atoms with Crippen LogP contribution in [-0.4, -0.2) is 54.6 Å². The van der Waals surface area contributed by atoms with E-state index in [4.69, 9.17) is 0 Å². The summed E-state index contributed by atoms with van der Waals surface area (Å²) in [6.07, 6.45) is 4.15. The smallest absolute Gasteiger partial charge is 0.217 e. The molecule has 3 aliphatic rings. The Morgan fingerprint density at radius 1 is 1.12 bits per heavy atom. The van der Waals surface area contributed by atoms with E-state index in [1.807, 2.05) is 0 Å². The van der Waals surface area contributed by atoms with Gasteiger partial charge in [-0.3, -0.25) is 4.90 Å². The summed E-state index contributed by atoms with van der Waals surface area (Å²) in [5.41, 5.74) is 0. The quantitative estimate of drug-likeness (QED) is 0.716. The summed E-state index contributed by atoms with van der Waals surface area (Å²) in [6.45, 7) is 4.87. The lowest BCUT2D eigenvalue weighted by Crippen LogP contribution is -2.57. The predicted octanol–water partition coefficient (Wildman–Crippen LogP) is 0.647. The van der Waals surface area contributed by atoms with Gasteiger partial charge >= 0.3 is 0 Å². The van der Waals surface area contributed by atoms with Crippen LogP contribution in [-0.2, 0) is 10.0 Å². The van der Waals surface area contributed by atoms with Crippen molar-refractivity contribution in [2.75, 3.05) is 19.6 Å². The molecule has 0 aromatic carbocycles. The first kappa shape index (κ1) is 11.0. The highest BCUT2D eigenvalue weighted by atomic mass is 32.2. The van der Waals surface area contributed by atoms with Crippen molar-refractivity contribution in [2.24, 2.45) is 0 Å². The highest BCUT2D eigenvalue weighted by Gasteiger charge is 2.46. The van der Waals surface area contributed by atoms with Crippen LogP contribution in [0.1, 0.15) is 32.6 Å². The Balaban J connectivity index is 1.80. The van der Waals surface area contributed by atoms with Gasteiger partial charge in [-0.1, -0.05) is 0 Å². The van der Waals surface area contributed by atoms with Crippen LogP contribution < -0.4 is 0 Å². The van der Waals surface area contributed by atoms with Crippen LogP contribution in [0.15, 0.2) is 0 Å². The van der Waals surface area contributed by atoms with E-state index in [-0.39, 0.29) is 11.3 Å². The molecule has 3 fully saturated rings. The average Bonchev–Trinajstić information content (AvgIpc) is 2.98. The maximum absolute atomic E-state index is 12.3. The van der Waals surface area contributed by atoms with Crippen LogP contribution in [0.4, 0.5) is 0 Å². The van der Waals surface area contributed by atoms with Crippen LogP contribution >= 0.6 is 0 Å². The zero-order chi connectivity index (χ0) is 11.3. The Hall–Kier alpha value is -0.130. The summed E-state index contributed by atoms with van der Waals surface area (Å²) < 4.78 is 26.3. The van der Waals surface area contributed by atoms with E-state index in [0.717, 1.165) is 32.5 Å². The SMILES string of the molecule is CC1CN2CCCC2CN1S(=O)(=O)C1CC1. The van der Waals surface area contributed by atoms with Gasteiger partial charge in [-0.05, 0) is 39.2 Å². The van der Waals surface area contributed by atoms with Crippen molar-refractivity contribution in [3.63, 3.8) is 0 Å². The second kappa shape index (κ2) is 3.68. The number of hydrogen-bond donors (Lipinski definition) is 0. The Morgan fingerprint density at radius 3 is 2.56 bits per heavy atom. The summed E-state index contributed by atoms with van der Waals surface area (Å²) in [4.78, 5) is 2.46.